The van der Waals surface area contributed by atoms with Gasteiger partial charge in [0.15, 0.2) is 0 Å². The molecule has 2 aromatic rings. The zero-order chi connectivity index (χ0) is 21.7. The molecule has 4 saturated carbocycles. The first-order chi connectivity index (χ1) is 15.7. The molecular weight excluding hydrogens is 396 g/mol. The van der Waals surface area contributed by atoms with Gasteiger partial charge in [-0.05, 0) is 84.7 Å². The minimum atomic E-state index is 0.199. The first-order valence-electron chi connectivity index (χ1n) is 12.5. The maximum Gasteiger partial charge on any atom is 0.228 e. The third kappa shape index (κ3) is 3.74. The van der Waals surface area contributed by atoms with Crippen molar-refractivity contribution < 1.29 is 9.59 Å². The lowest BCUT2D eigenvalue weighted by Crippen LogP contribution is -2.15. The minimum Gasteiger partial charge on any atom is -0.326 e. The fraction of sp³-hybridized carbons (Fsp3) is 0.500. The smallest absolute Gasteiger partial charge is 0.228 e. The molecule has 4 aliphatic rings. The molecule has 4 fully saturated rings. The lowest BCUT2D eigenvalue weighted by atomic mass is 10.0. The van der Waals surface area contributed by atoms with Crippen LogP contribution < -0.4 is 10.6 Å². The van der Waals surface area contributed by atoms with E-state index in [0.29, 0.717) is 23.7 Å². The average molecular weight is 429 g/mol. The van der Waals surface area contributed by atoms with Crippen molar-refractivity contribution in [3.8, 4) is 11.1 Å². The van der Waals surface area contributed by atoms with Crippen molar-refractivity contribution in [2.75, 3.05) is 10.6 Å². The topological polar surface area (TPSA) is 58.2 Å². The van der Waals surface area contributed by atoms with Crippen molar-refractivity contribution in [1.82, 2.24) is 0 Å². The Morgan fingerprint density at radius 3 is 1.16 bits per heavy atom. The minimum absolute atomic E-state index is 0.199. The molecule has 4 aliphatic carbocycles. The second kappa shape index (κ2) is 8.06. The van der Waals surface area contributed by atoms with E-state index in [-0.39, 0.29) is 23.7 Å². The molecule has 0 aliphatic heterocycles. The summed E-state index contributed by atoms with van der Waals surface area (Å²) in [7, 11) is 0. The standard InChI is InChI=1S/C28H32N2O2/c31-27(25-21-5-1-2-6-22(21)25)29-19-13-9-17(10-14-19)18-11-15-20(16-12-18)30-28(32)26-23-7-3-4-8-24(23)26/h9-16,21-26H,1-8H2,(H,29,31)(H,30,32)/t21-,22-,23-,24+,26?/m1/s1. The Labute approximate surface area is 190 Å². The third-order valence-electron chi connectivity index (χ3n) is 8.56. The number of amides is 2. The van der Waals surface area contributed by atoms with Gasteiger partial charge in [-0.3, -0.25) is 9.59 Å². The molecule has 1 unspecified atom stereocenters. The van der Waals surface area contributed by atoms with Gasteiger partial charge in [0.25, 0.3) is 0 Å². The van der Waals surface area contributed by atoms with Gasteiger partial charge in [0.1, 0.15) is 0 Å². The summed E-state index contributed by atoms with van der Waals surface area (Å²) in [4.78, 5) is 25.2. The molecular formula is C28H32N2O2. The molecule has 2 N–H and O–H groups in total. The van der Waals surface area contributed by atoms with Crippen molar-refractivity contribution in [3.63, 3.8) is 0 Å². The maximum absolute atomic E-state index is 12.6. The Kier molecular flexibility index (Phi) is 5.04. The summed E-state index contributed by atoms with van der Waals surface area (Å²) in [6, 6.07) is 16.2. The van der Waals surface area contributed by atoms with E-state index in [1.807, 2.05) is 24.3 Å². The average Bonchev–Trinajstić information content (AvgIpc) is 3.72. The van der Waals surface area contributed by atoms with Crippen LogP contribution in [0.5, 0.6) is 0 Å². The van der Waals surface area contributed by atoms with Crippen LogP contribution in [0.2, 0.25) is 0 Å². The van der Waals surface area contributed by atoms with Gasteiger partial charge in [-0.1, -0.05) is 49.9 Å². The number of anilines is 2. The molecule has 2 aromatic carbocycles. The van der Waals surface area contributed by atoms with Gasteiger partial charge < -0.3 is 10.6 Å². The van der Waals surface area contributed by atoms with Gasteiger partial charge >= 0.3 is 0 Å². The lowest BCUT2D eigenvalue weighted by molar-refractivity contribution is -0.118. The number of nitrogens with one attached hydrogen (secondary N) is 2. The van der Waals surface area contributed by atoms with E-state index in [2.05, 4.69) is 34.9 Å². The molecule has 2 amide bonds. The highest BCUT2D eigenvalue weighted by Crippen LogP contribution is 2.56. The van der Waals surface area contributed by atoms with Gasteiger partial charge in [0.2, 0.25) is 11.8 Å². The van der Waals surface area contributed by atoms with Crippen molar-refractivity contribution in [1.29, 1.82) is 0 Å². The Morgan fingerprint density at radius 1 is 0.531 bits per heavy atom. The highest BCUT2D eigenvalue weighted by atomic mass is 16.2. The molecule has 0 heterocycles. The van der Waals surface area contributed by atoms with Crippen LogP contribution in [0.4, 0.5) is 11.4 Å². The third-order valence-corrected chi connectivity index (χ3v) is 8.56. The Morgan fingerprint density at radius 2 is 0.844 bits per heavy atom. The second-order valence-electron chi connectivity index (χ2n) is 10.4. The second-order valence-corrected chi connectivity index (χ2v) is 10.4. The zero-order valence-corrected chi connectivity index (χ0v) is 18.6. The molecule has 0 radical (unpaired) electrons. The fourth-order valence-corrected chi connectivity index (χ4v) is 6.71. The predicted octanol–water partition coefficient (Wildman–Crippen LogP) is 6.10. The summed E-state index contributed by atoms with van der Waals surface area (Å²) in [5, 5.41) is 6.24. The van der Waals surface area contributed by atoms with Gasteiger partial charge in [-0.2, -0.15) is 0 Å². The Balaban J connectivity index is 1.05. The molecule has 5 atom stereocenters. The SMILES string of the molecule is O=C(Nc1ccc(-c2ccc(NC(=O)C3[C@@H]4CCCC[C@@H]34)cc2)cc1)C1[C@H]2CCCC[C@@H]12. The predicted molar refractivity (Wildman–Crippen MR) is 127 cm³/mol. The van der Waals surface area contributed by atoms with Gasteiger partial charge in [-0.25, -0.2) is 0 Å². The largest absolute Gasteiger partial charge is 0.326 e. The molecule has 4 heteroatoms. The summed E-state index contributed by atoms with van der Waals surface area (Å²) in [6.45, 7) is 0. The number of fused-ring (bicyclic) bond motifs is 2. The van der Waals surface area contributed by atoms with Crippen LogP contribution in [-0.4, -0.2) is 11.8 Å². The van der Waals surface area contributed by atoms with Crippen LogP contribution in [0.15, 0.2) is 48.5 Å². The highest BCUT2D eigenvalue weighted by molar-refractivity contribution is 5.96. The molecule has 0 bridgehead atoms. The van der Waals surface area contributed by atoms with E-state index in [1.54, 1.807) is 0 Å². The van der Waals surface area contributed by atoms with E-state index in [0.717, 1.165) is 22.5 Å². The van der Waals surface area contributed by atoms with Crippen LogP contribution in [0.1, 0.15) is 51.4 Å². The van der Waals surface area contributed by atoms with Crippen molar-refractivity contribution in [2.24, 2.45) is 35.5 Å². The maximum atomic E-state index is 12.6. The molecule has 32 heavy (non-hydrogen) atoms. The summed E-state index contributed by atoms with van der Waals surface area (Å²) in [5.74, 6) is 3.39. The zero-order valence-electron chi connectivity index (χ0n) is 18.6. The highest BCUT2D eigenvalue weighted by Gasteiger charge is 2.55. The summed E-state index contributed by atoms with van der Waals surface area (Å²) in [6.07, 6.45) is 10.0. The van der Waals surface area contributed by atoms with Gasteiger partial charge in [0, 0.05) is 23.2 Å². The first kappa shape index (κ1) is 20.0. The molecule has 0 spiro atoms. The van der Waals surface area contributed by atoms with Crippen molar-refractivity contribution in [3.05, 3.63) is 48.5 Å². The van der Waals surface area contributed by atoms with Crippen LogP contribution in [0.3, 0.4) is 0 Å². The molecule has 4 nitrogen and oxygen atoms in total. The lowest BCUT2D eigenvalue weighted by Gasteiger charge is -2.09. The number of hydrogen-bond acceptors (Lipinski definition) is 2. The van der Waals surface area contributed by atoms with E-state index < -0.39 is 0 Å². The molecule has 0 aromatic heterocycles. The van der Waals surface area contributed by atoms with E-state index >= 15 is 0 Å². The monoisotopic (exact) mass is 428 g/mol. The van der Waals surface area contributed by atoms with E-state index in [9.17, 15) is 9.59 Å². The first-order valence-corrected chi connectivity index (χ1v) is 12.5. The molecule has 6 rings (SSSR count). The molecule has 166 valence electrons. The van der Waals surface area contributed by atoms with E-state index in [4.69, 9.17) is 0 Å². The Bertz CT molecular complexity index is 905. The van der Waals surface area contributed by atoms with Crippen molar-refractivity contribution >= 4 is 23.2 Å². The van der Waals surface area contributed by atoms with Crippen LogP contribution in [0, 0.1) is 35.5 Å². The summed E-state index contributed by atoms with van der Waals surface area (Å²) in [5.41, 5.74) is 3.96. The van der Waals surface area contributed by atoms with Crippen molar-refractivity contribution in [2.45, 2.75) is 51.4 Å². The van der Waals surface area contributed by atoms with Crippen LogP contribution in [0.25, 0.3) is 11.1 Å². The molecule has 0 saturated heterocycles. The summed E-state index contributed by atoms with van der Waals surface area (Å²) >= 11 is 0. The number of rotatable bonds is 5. The van der Waals surface area contributed by atoms with Crippen LogP contribution >= 0.6 is 0 Å². The number of carbonyl (C=O) groups is 2. The number of benzene rings is 2. The summed E-state index contributed by atoms with van der Waals surface area (Å²) < 4.78 is 0. The number of hydrogen-bond donors (Lipinski definition) is 2. The Hall–Kier alpha value is -2.62. The normalized spacial score (nSPS) is 32.2. The number of carbonyl (C=O) groups excluding carboxylic acids is 2. The fourth-order valence-electron chi connectivity index (χ4n) is 6.71. The quantitative estimate of drug-likeness (QED) is 0.604. The van der Waals surface area contributed by atoms with Gasteiger partial charge in [0.05, 0.1) is 0 Å². The van der Waals surface area contributed by atoms with E-state index in [1.165, 1.54) is 51.4 Å². The van der Waals surface area contributed by atoms with Gasteiger partial charge in [-0.15, -0.1) is 0 Å². The van der Waals surface area contributed by atoms with Crippen LogP contribution in [-0.2, 0) is 9.59 Å².